The van der Waals surface area contributed by atoms with E-state index >= 15 is 0 Å². The molecular weight excluding hydrogens is 373 g/mol. The minimum atomic E-state index is -3.76. The van der Waals surface area contributed by atoms with Gasteiger partial charge in [0, 0.05) is 24.7 Å². The van der Waals surface area contributed by atoms with Gasteiger partial charge in [-0.05, 0) is 24.3 Å². The molecule has 2 aromatic carbocycles. The van der Waals surface area contributed by atoms with E-state index < -0.39 is 28.3 Å². The van der Waals surface area contributed by atoms with Crippen molar-refractivity contribution >= 4 is 33.2 Å². The maximum absolute atomic E-state index is 13.6. The van der Waals surface area contributed by atoms with Gasteiger partial charge in [0.15, 0.2) is 0 Å². The maximum Gasteiger partial charge on any atom is 0.241 e. The molecule has 2 N–H and O–H groups in total. The number of sulfonamides is 1. The average Bonchev–Trinajstić information content (AvgIpc) is 2.57. The number of nitrogens with zero attached hydrogens (tertiary/aromatic N) is 1. The van der Waals surface area contributed by atoms with Crippen LogP contribution in [0.4, 0.5) is 15.8 Å². The van der Waals surface area contributed by atoms with E-state index in [9.17, 15) is 22.4 Å². The SMILES string of the molecule is CC(=O)Nc1cccc(N(CC(=O)NCc2ccccc2F)S(C)(=O)=O)c1. The van der Waals surface area contributed by atoms with Crippen molar-refractivity contribution in [2.24, 2.45) is 0 Å². The van der Waals surface area contributed by atoms with Crippen LogP contribution in [0.5, 0.6) is 0 Å². The van der Waals surface area contributed by atoms with Crippen molar-refractivity contribution in [3.8, 4) is 0 Å². The highest BCUT2D eigenvalue weighted by Gasteiger charge is 2.21. The van der Waals surface area contributed by atoms with Crippen LogP contribution in [0.15, 0.2) is 48.5 Å². The van der Waals surface area contributed by atoms with Crippen LogP contribution in [0.25, 0.3) is 0 Å². The number of hydrogen-bond acceptors (Lipinski definition) is 4. The summed E-state index contributed by atoms with van der Waals surface area (Å²) in [7, 11) is -3.76. The van der Waals surface area contributed by atoms with E-state index in [2.05, 4.69) is 10.6 Å². The van der Waals surface area contributed by atoms with Crippen molar-refractivity contribution in [3.05, 3.63) is 59.9 Å². The van der Waals surface area contributed by atoms with Crippen molar-refractivity contribution in [3.63, 3.8) is 0 Å². The minimum Gasteiger partial charge on any atom is -0.350 e. The van der Waals surface area contributed by atoms with Gasteiger partial charge >= 0.3 is 0 Å². The van der Waals surface area contributed by atoms with Crippen LogP contribution in [0.1, 0.15) is 12.5 Å². The molecule has 0 heterocycles. The third kappa shape index (κ3) is 6.07. The first kappa shape index (κ1) is 20.4. The Morgan fingerprint density at radius 2 is 1.81 bits per heavy atom. The fourth-order valence-corrected chi connectivity index (χ4v) is 3.21. The quantitative estimate of drug-likeness (QED) is 0.751. The molecule has 27 heavy (non-hydrogen) atoms. The Kier molecular flexibility index (Phi) is 6.51. The second kappa shape index (κ2) is 8.63. The summed E-state index contributed by atoms with van der Waals surface area (Å²) < 4.78 is 38.8. The summed E-state index contributed by atoms with van der Waals surface area (Å²) in [5, 5.41) is 5.06. The molecule has 0 saturated heterocycles. The van der Waals surface area contributed by atoms with Crippen molar-refractivity contribution < 1.29 is 22.4 Å². The number of carbonyl (C=O) groups is 2. The van der Waals surface area contributed by atoms with E-state index in [1.807, 2.05) is 0 Å². The first-order chi connectivity index (χ1) is 12.7. The number of nitrogens with one attached hydrogen (secondary N) is 2. The number of benzene rings is 2. The van der Waals surface area contributed by atoms with Gasteiger partial charge in [-0.1, -0.05) is 24.3 Å². The topological polar surface area (TPSA) is 95.6 Å². The van der Waals surface area contributed by atoms with Crippen LogP contribution in [0, 0.1) is 5.82 Å². The molecular formula is C18H20FN3O4S. The maximum atomic E-state index is 13.6. The van der Waals surface area contributed by atoms with E-state index in [4.69, 9.17) is 0 Å². The predicted molar refractivity (Wildman–Crippen MR) is 101 cm³/mol. The Balaban J connectivity index is 2.14. The van der Waals surface area contributed by atoms with Gasteiger partial charge in [0.1, 0.15) is 12.4 Å². The second-order valence-electron chi connectivity index (χ2n) is 5.87. The van der Waals surface area contributed by atoms with Crippen LogP contribution in [0.2, 0.25) is 0 Å². The fraction of sp³-hybridized carbons (Fsp3) is 0.222. The summed E-state index contributed by atoms with van der Waals surface area (Å²) in [6.07, 6.45) is 0.974. The largest absolute Gasteiger partial charge is 0.350 e. The smallest absolute Gasteiger partial charge is 0.241 e. The molecule has 0 fully saturated rings. The van der Waals surface area contributed by atoms with Crippen molar-refractivity contribution in [2.75, 3.05) is 22.4 Å². The van der Waals surface area contributed by atoms with Gasteiger partial charge < -0.3 is 10.6 Å². The second-order valence-corrected chi connectivity index (χ2v) is 7.78. The number of amides is 2. The average molecular weight is 393 g/mol. The zero-order valence-corrected chi connectivity index (χ0v) is 15.7. The lowest BCUT2D eigenvalue weighted by atomic mass is 10.2. The Morgan fingerprint density at radius 3 is 2.44 bits per heavy atom. The lowest BCUT2D eigenvalue weighted by Gasteiger charge is -2.22. The number of anilines is 2. The molecule has 0 saturated carbocycles. The molecule has 2 aromatic rings. The van der Waals surface area contributed by atoms with Gasteiger partial charge in [-0.2, -0.15) is 0 Å². The molecule has 0 aromatic heterocycles. The van der Waals surface area contributed by atoms with Crippen molar-refractivity contribution in [1.29, 1.82) is 0 Å². The summed E-state index contributed by atoms with van der Waals surface area (Å²) in [5.74, 6) is -1.35. The monoisotopic (exact) mass is 393 g/mol. The number of hydrogen-bond donors (Lipinski definition) is 2. The zero-order chi connectivity index (χ0) is 20.0. The summed E-state index contributed by atoms with van der Waals surface area (Å²) in [6, 6.07) is 12.1. The molecule has 7 nitrogen and oxygen atoms in total. The molecule has 0 aliphatic rings. The summed E-state index contributed by atoms with van der Waals surface area (Å²) >= 11 is 0. The van der Waals surface area contributed by atoms with Gasteiger partial charge in [0.05, 0.1) is 11.9 Å². The van der Waals surface area contributed by atoms with Crippen LogP contribution >= 0.6 is 0 Å². The molecule has 0 aliphatic carbocycles. The number of halogens is 1. The Morgan fingerprint density at radius 1 is 1.11 bits per heavy atom. The van der Waals surface area contributed by atoms with Crippen LogP contribution in [0.3, 0.4) is 0 Å². The van der Waals surface area contributed by atoms with E-state index in [0.29, 0.717) is 11.3 Å². The first-order valence-electron chi connectivity index (χ1n) is 8.02. The van der Waals surface area contributed by atoms with Crippen molar-refractivity contribution in [2.45, 2.75) is 13.5 Å². The molecule has 9 heteroatoms. The number of carbonyl (C=O) groups excluding carboxylic acids is 2. The summed E-state index contributed by atoms with van der Waals surface area (Å²) in [6.45, 7) is 0.795. The highest BCUT2D eigenvalue weighted by molar-refractivity contribution is 7.92. The third-order valence-electron chi connectivity index (χ3n) is 3.58. The van der Waals surface area contributed by atoms with E-state index in [0.717, 1.165) is 10.6 Å². The van der Waals surface area contributed by atoms with Gasteiger partial charge in [0.25, 0.3) is 0 Å². The minimum absolute atomic E-state index is 0.0605. The zero-order valence-electron chi connectivity index (χ0n) is 14.9. The highest BCUT2D eigenvalue weighted by atomic mass is 32.2. The first-order valence-corrected chi connectivity index (χ1v) is 9.87. The Hall–Kier alpha value is -2.94. The Bertz CT molecular complexity index is 947. The molecule has 2 amide bonds. The van der Waals surface area contributed by atoms with Gasteiger partial charge in [0.2, 0.25) is 21.8 Å². The predicted octanol–water partition coefficient (Wildman–Crippen LogP) is 1.87. The number of rotatable bonds is 7. The van der Waals surface area contributed by atoms with Crippen molar-refractivity contribution in [1.82, 2.24) is 5.32 Å². The van der Waals surface area contributed by atoms with Gasteiger partial charge in [-0.25, -0.2) is 12.8 Å². The van der Waals surface area contributed by atoms with Crippen LogP contribution in [-0.2, 0) is 26.2 Å². The Labute approximate surface area is 157 Å². The molecule has 2 rings (SSSR count). The molecule has 0 atom stereocenters. The molecule has 0 bridgehead atoms. The van der Waals surface area contributed by atoms with E-state index in [1.54, 1.807) is 18.2 Å². The van der Waals surface area contributed by atoms with Gasteiger partial charge in [-0.3, -0.25) is 13.9 Å². The van der Waals surface area contributed by atoms with Crippen LogP contribution < -0.4 is 14.9 Å². The normalized spacial score (nSPS) is 10.9. The van der Waals surface area contributed by atoms with E-state index in [-0.39, 0.29) is 18.1 Å². The van der Waals surface area contributed by atoms with E-state index in [1.165, 1.54) is 37.3 Å². The lowest BCUT2D eigenvalue weighted by Crippen LogP contribution is -2.40. The van der Waals surface area contributed by atoms with Crippen LogP contribution in [-0.4, -0.2) is 33.0 Å². The molecule has 144 valence electrons. The third-order valence-corrected chi connectivity index (χ3v) is 4.72. The highest BCUT2D eigenvalue weighted by Crippen LogP contribution is 2.21. The summed E-state index contributed by atoms with van der Waals surface area (Å²) in [5.41, 5.74) is 0.926. The molecule has 0 unspecified atom stereocenters. The molecule has 0 spiro atoms. The summed E-state index contributed by atoms with van der Waals surface area (Å²) in [4.78, 5) is 23.4. The molecule has 0 aliphatic heterocycles. The standard InChI is InChI=1S/C18H20FN3O4S/c1-13(23)21-15-7-5-8-16(10-15)22(27(2,25)26)12-18(24)20-11-14-6-3-4-9-17(14)19/h3-10H,11-12H2,1-2H3,(H,20,24)(H,21,23). The lowest BCUT2D eigenvalue weighted by molar-refractivity contribution is -0.119. The molecule has 0 radical (unpaired) electrons. The van der Waals surface area contributed by atoms with Gasteiger partial charge in [-0.15, -0.1) is 0 Å². The fourth-order valence-electron chi connectivity index (χ4n) is 2.36.